The van der Waals surface area contributed by atoms with Crippen LogP contribution in [0.25, 0.3) is 0 Å². The fourth-order valence-corrected chi connectivity index (χ4v) is 7.39. The van der Waals surface area contributed by atoms with Crippen molar-refractivity contribution in [2.75, 3.05) is 17.5 Å². The summed E-state index contributed by atoms with van der Waals surface area (Å²) in [6.45, 7) is 3.26. The van der Waals surface area contributed by atoms with Crippen molar-refractivity contribution in [2.45, 2.75) is 75.9 Å². The van der Waals surface area contributed by atoms with Crippen molar-refractivity contribution in [2.24, 2.45) is 0 Å². The zero-order chi connectivity index (χ0) is 32.6. The molecular weight excluding hydrogens is 640 g/mol. The van der Waals surface area contributed by atoms with Crippen LogP contribution in [0.15, 0.2) is 71.6 Å². The lowest BCUT2D eigenvalue weighted by Gasteiger charge is -2.34. The molecule has 1 saturated carbocycles. The zero-order valence-corrected chi connectivity index (χ0v) is 27.7. The summed E-state index contributed by atoms with van der Waals surface area (Å²) in [7, 11) is -4.36. The van der Waals surface area contributed by atoms with Crippen molar-refractivity contribution in [1.82, 2.24) is 10.2 Å². The summed E-state index contributed by atoms with van der Waals surface area (Å²) in [5.74, 6) is -1.05. The molecule has 4 rings (SSSR count). The lowest BCUT2D eigenvalue weighted by Crippen LogP contribution is -2.54. The molecule has 0 radical (unpaired) electrons. The van der Waals surface area contributed by atoms with E-state index in [4.69, 9.17) is 27.9 Å². The highest BCUT2D eigenvalue weighted by molar-refractivity contribution is 7.92. The normalized spacial score (nSPS) is 14.4. The minimum atomic E-state index is -4.36. The lowest BCUT2D eigenvalue weighted by atomic mass is 9.95. The fourth-order valence-electron chi connectivity index (χ4n) is 5.46. The van der Waals surface area contributed by atoms with E-state index in [2.05, 4.69) is 5.32 Å². The number of sulfonamides is 1. The maximum Gasteiger partial charge on any atom is 0.264 e. The van der Waals surface area contributed by atoms with Crippen molar-refractivity contribution >= 4 is 50.7 Å². The lowest BCUT2D eigenvalue weighted by molar-refractivity contribution is -0.140. The van der Waals surface area contributed by atoms with Crippen LogP contribution in [0.4, 0.5) is 10.1 Å². The van der Waals surface area contributed by atoms with Gasteiger partial charge in [-0.25, -0.2) is 12.8 Å². The highest BCUT2D eigenvalue weighted by Crippen LogP contribution is 2.30. The van der Waals surface area contributed by atoms with Gasteiger partial charge in [0.05, 0.1) is 17.2 Å². The van der Waals surface area contributed by atoms with Crippen LogP contribution in [-0.2, 0) is 26.2 Å². The number of ether oxygens (including phenoxy) is 1. The monoisotopic (exact) mass is 677 g/mol. The Kier molecular flexibility index (Phi) is 12.1. The quantitative estimate of drug-likeness (QED) is 0.211. The number of amides is 2. The molecule has 1 fully saturated rings. The molecule has 0 aliphatic heterocycles. The summed E-state index contributed by atoms with van der Waals surface area (Å²) >= 11 is 13.0. The molecule has 0 unspecified atom stereocenters. The first-order valence-corrected chi connectivity index (χ1v) is 17.3. The molecule has 8 nitrogen and oxygen atoms in total. The van der Waals surface area contributed by atoms with E-state index < -0.39 is 34.3 Å². The predicted octanol–water partition coefficient (Wildman–Crippen LogP) is 6.98. The highest BCUT2D eigenvalue weighted by atomic mass is 35.5. The molecule has 242 valence electrons. The minimum Gasteiger partial charge on any atom is -0.494 e. The molecule has 1 N–H and O–H groups in total. The van der Waals surface area contributed by atoms with Gasteiger partial charge in [-0.2, -0.15) is 0 Å². The van der Waals surface area contributed by atoms with Crippen LogP contribution in [0.1, 0.15) is 57.9 Å². The number of nitrogens with one attached hydrogen (secondary N) is 1. The fraction of sp³-hybridized carbons (Fsp3) is 0.394. The summed E-state index contributed by atoms with van der Waals surface area (Å²) < 4.78 is 48.2. The average Bonchev–Trinajstić information content (AvgIpc) is 3.02. The van der Waals surface area contributed by atoms with E-state index in [1.54, 1.807) is 37.3 Å². The van der Waals surface area contributed by atoms with Crippen LogP contribution in [-0.4, -0.2) is 50.4 Å². The Morgan fingerprint density at radius 2 is 1.58 bits per heavy atom. The third-order valence-electron chi connectivity index (χ3n) is 7.84. The largest absolute Gasteiger partial charge is 0.494 e. The second-order valence-electron chi connectivity index (χ2n) is 10.9. The first-order chi connectivity index (χ1) is 21.5. The summed E-state index contributed by atoms with van der Waals surface area (Å²) in [5.41, 5.74) is 0.624. The summed E-state index contributed by atoms with van der Waals surface area (Å²) in [4.78, 5) is 29.2. The van der Waals surface area contributed by atoms with Gasteiger partial charge >= 0.3 is 0 Å². The molecule has 1 atom stereocenters. The Morgan fingerprint density at radius 3 is 2.16 bits per heavy atom. The maximum atomic E-state index is 14.3. The number of carbonyl (C=O) groups is 2. The van der Waals surface area contributed by atoms with Gasteiger partial charge < -0.3 is 15.0 Å². The van der Waals surface area contributed by atoms with Gasteiger partial charge in [0, 0.05) is 28.2 Å². The smallest absolute Gasteiger partial charge is 0.264 e. The molecule has 2 amide bonds. The SMILES string of the molecule is CCOc1ccc(N(CC(=O)N(Cc2c(Cl)cccc2Cl)[C@@H](CC)C(=O)NC2CCCCC2)S(=O)(=O)c2ccc(F)cc2)cc1. The van der Waals surface area contributed by atoms with E-state index in [1.807, 2.05) is 6.92 Å². The number of carbonyl (C=O) groups excluding carboxylic acids is 2. The van der Waals surface area contributed by atoms with Crippen molar-refractivity contribution in [3.05, 3.63) is 88.2 Å². The minimum absolute atomic E-state index is 0.000333. The molecule has 3 aromatic rings. The maximum absolute atomic E-state index is 14.3. The van der Waals surface area contributed by atoms with Gasteiger partial charge in [-0.05, 0) is 86.8 Å². The van der Waals surface area contributed by atoms with Crippen LogP contribution >= 0.6 is 23.2 Å². The number of halogens is 3. The Morgan fingerprint density at radius 1 is 0.956 bits per heavy atom. The number of hydrogen-bond donors (Lipinski definition) is 1. The van der Waals surface area contributed by atoms with Gasteiger partial charge in [-0.15, -0.1) is 0 Å². The first-order valence-electron chi connectivity index (χ1n) is 15.1. The third-order valence-corrected chi connectivity index (χ3v) is 10.3. The Balaban J connectivity index is 1.74. The standard InChI is InChI=1S/C33H38Cl2FN3O5S/c1-3-31(33(41)37-24-9-6-5-7-10-24)38(21-28-29(34)11-8-12-30(28)35)32(40)22-39(25-15-17-26(18-16-25)44-4-2)45(42,43)27-19-13-23(36)14-20-27/h8,11-20,24,31H,3-7,9-10,21-22H2,1-2H3,(H,37,41)/t31-/m0/s1. The molecule has 0 bridgehead atoms. The number of anilines is 1. The average molecular weight is 679 g/mol. The Bertz CT molecular complexity index is 1550. The number of benzene rings is 3. The Hall–Kier alpha value is -3.34. The summed E-state index contributed by atoms with van der Waals surface area (Å²) in [6, 6.07) is 14.7. The van der Waals surface area contributed by atoms with Crippen molar-refractivity contribution in [3.63, 3.8) is 0 Å². The second kappa shape index (κ2) is 15.8. The Labute approximate surface area is 274 Å². The van der Waals surface area contributed by atoms with E-state index >= 15 is 0 Å². The topological polar surface area (TPSA) is 96.0 Å². The molecule has 1 aliphatic carbocycles. The molecule has 12 heteroatoms. The predicted molar refractivity (Wildman–Crippen MR) is 175 cm³/mol. The van der Waals surface area contributed by atoms with E-state index in [9.17, 15) is 22.4 Å². The molecule has 1 aliphatic rings. The van der Waals surface area contributed by atoms with Gasteiger partial charge in [0.25, 0.3) is 10.0 Å². The van der Waals surface area contributed by atoms with Gasteiger partial charge in [0.15, 0.2) is 0 Å². The van der Waals surface area contributed by atoms with Gasteiger partial charge in [-0.1, -0.05) is 55.5 Å². The van der Waals surface area contributed by atoms with Crippen molar-refractivity contribution in [3.8, 4) is 5.75 Å². The summed E-state index contributed by atoms with van der Waals surface area (Å²) in [5, 5.41) is 3.73. The van der Waals surface area contributed by atoms with Gasteiger partial charge in [0.1, 0.15) is 24.2 Å². The van der Waals surface area contributed by atoms with Gasteiger partial charge in [0.2, 0.25) is 11.8 Å². The van der Waals surface area contributed by atoms with Crippen LogP contribution < -0.4 is 14.4 Å². The third kappa shape index (κ3) is 8.68. The molecule has 0 spiro atoms. The van der Waals surface area contributed by atoms with E-state index in [0.29, 0.717) is 28.0 Å². The first kappa shape index (κ1) is 34.5. The summed E-state index contributed by atoms with van der Waals surface area (Å²) in [6.07, 6.45) is 5.11. The van der Waals surface area contributed by atoms with Crippen LogP contribution in [0.5, 0.6) is 5.75 Å². The van der Waals surface area contributed by atoms with E-state index in [-0.39, 0.29) is 35.5 Å². The van der Waals surface area contributed by atoms with Crippen molar-refractivity contribution < 1.29 is 27.1 Å². The molecule has 3 aromatic carbocycles. The highest BCUT2D eigenvalue weighted by Gasteiger charge is 2.35. The van der Waals surface area contributed by atoms with E-state index in [1.165, 1.54) is 17.0 Å². The molecule has 0 aromatic heterocycles. The van der Waals surface area contributed by atoms with Gasteiger partial charge in [-0.3, -0.25) is 13.9 Å². The van der Waals surface area contributed by atoms with Crippen LogP contribution in [0, 0.1) is 5.82 Å². The molecule has 0 heterocycles. The number of hydrogen-bond acceptors (Lipinski definition) is 5. The molecule has 0 saturated heterocycles. The molecule has 45 heavy (non-hydrogen) atoms. The zero-order valence-electron chi connectivity index (χ0n) is 25.3. The number of rotatable bonds is 13. The number of nitrogens with zero attached hydrogens (tertiary/aromatic N) is 2. The van der Waals surface area contributed by atoms with Crippen molar-refractivity contribution in [1.29, 1.82) is 0 Å². The van der Waals surface area contributed by atoms with E-state index in [0.717, 1.165) is 60.7 Å². The second-order valence-corrected chi connectivity index (χ2v) is 13.6. The molecular formula is C33H38Cl2FN3O5S. The van der Waals surface area contributed by atoms with Crippen LogP contribution in [0.2, 0.25) is 10.0 Å². The van der Waals surface area contributed by atoms with Crippen LogP contribution in [0.3, 0.4) is 0 Å².